The van der Waals surface area contributed by atoms with E-state index in [1.807, 2.05) is 87.5 Å². The second kappa shape index (κ2) is 17.6. The number of likely N-dealkylation sites (tertiary alicyclic amines) is 1. The van der Waals surface area contributed by atoms with Gasteiger partial charge in [-0.1, -0.05) is 123 Å². The molecular weight excluding hydrogens is 783 g/mol. The van der Waals surface area contributed by atoms with Gasteiger partial charge in [0.05, 0.1) is 23.1 Å². The quantitative estimate of drug-likeness (QED) is 0.173. The van der Waals surface area contributed by atoms with E-state index in [0.29, 0.717) is 22.7 Å². The smallest absolute Gasteiger partial charge is 0.311 e. The van der Waals surface area contributed by atoms with E-state index in [4.69, 9.17) is 27.9 Å². The second-order valence-corrected chi connectivity index (χ2v) is 16.8. The molecule has 0 saturated carbocycles. The third-order valence-corrected chi connectivity index (χ3v) is 10.8. The molecule has 2 aliphatic rings. The number of aliphatic hydroxyl groups excluding tert-OH is 1. The number of fused-ring (bicyclic) bond motifs is 2. The molecule has 292 valence electrons. The summed E-state index contributed by atoms with van der Waals surface area (Å²) in [5.74, 6) is -2.30. The fourth-order valence-corrected chi connectivity index (χ4v) is 8.53. The van der Waals surface area contributed by atoms with Crippen molar-refractivity contribution in [3.63, 3.8) is 0 Å². The maximum Gasteiger partial charge on any atom is 0.311 e. The van der Waals surface area contributed by atoms with Crippen LogP contribution in [-0.2, 0) is 19.7 Å². The van der Waals surface area contributed by atoms with Gasteiger partial charge in [-0.05, 0) is 73.1 Å². The third kappa shape index (κ3) is 8.36. The lowest BCUT2D eigenvalue weighted by molar-refractivity contribution is -0.165. The minimum Gasteiger partial charge on any atom is -0.455 e. The number of hydrogen-bond acceptors (Lipinski definition) is 5. The molecule has 54 heavy (non-hydrogen) atoms. The Balaban J connectivity index is 0.00000261. The Kier molecular flexibility index (Phi) is 14.9. The van der Waals surface area contributed by atoms with E-state index in [0.717, 1.165) is 11.1 Å². The van der Waals surface area contributed by atoms with Gasteiger partial charge in [0.1, 0.15) is 17.3 Å². The monoisotopic (exact) mass is 832 g/mol. The Morgan fingerprint density at radius 2 is 1.48 bits per heavy atom. The summed E-state index contributed by atoms with van der Waals surface area (Å²) in [6.45, 7) is 11.3. The largest absolute Gasteiger partial charge is 0.455 e. The zero-order chi connectivity index (χ0) is 36.9. The first-order valence-corrected chi connectivity index (χ1v) is 18.1. The van der Waals surface area contributed by atoms with Crippen molar-refractivity contribution in [3.8, 4) is 0 Å². The average molecular weight is 834 g/mol. The number of nitrogens with one attached hydrogen (secondary N) is 1. The van der Waals surface area contributed by atoms with Gasteiger partial charge in [-0.25, -0.2) is 4.39 Å². The molecule has 1 saturated heterocycles. The molecule has 2 aliphatic heterocycles. The molecule has 1 spiro atoms. The zero-order valence-electron chi connectivity index (χ0n) is 31.3. The molecule has 6 rings (SSSR count). The normalized spacial score (nSPS) is 21.9. The van der Waals surface area contributed by atoms with Crippen LogP contribution in [0.1, 0.15) is 88.3 Å². The summed E-state index contributed by atoms with van der Waals surface area (Å²) in [5.41, 5.74) is 0.340. The third-order valence-electron chi connectivity index (χ3n) is 10.2. The minimum absolute atomic E-state index is 0. The summed E-state index contributed by atoms with van der Waals surface area (Å²) in [5, 5.41) is 15.1. The first kappa shape index (κ1) is 45.7. The minimum atomic E-state index is -1.42. The summed E-state index contributed by atoms with van der Waals surface area (Å²) in [6, 6.07) is 27.1. The number of amides is 1. The lowest BCUT2D eigenvalue weighted by Gasteiger charge is -2.45. The maximum atomic E-state index is 16.6. The van der Waals surface area contributed by atoms with Crippen LogP contribution in [0, 0.1) is 16.6 Å². The van der Waals surface area contributed by atoms with E-state index in [-0.39, 0.29) is 62.4 Å². The van der Waals surface area contributed by atoms with Crippen molar-refractivity contribution in [1.82, 2.24) is 4.90 Å². The molecule has 6 nitrogen and oxygen atoms in total. The number of carbonyl (C=O) groups is 2. The molecule has 1 fully saturated rings. The zero-order valence-corrected chi connectivity index (χ0v) is 35.8. The van der Waals surface area contributed by atoms with Gasteiger partial charge in [-0.15, -0.1) is 0 Å². The molecular formula is C42H51Cl2FN2O4S3. The molecule has 4 aromatic carbocycles. The van der Waals surface area contributed by atoms with Crippen LogP contribution in [0.5, 0.6) is 0 Å². The number of nitrogens with zero attached hydrogens (tertiary/aromatic N) is 1. The number of rotatable bonds is 8. The average Bonchev–Trinajstić information content (AvgIpc) is 3.51. The van der Waals surface area contributed by atoms with Gasteiger partial charge in [0.25, 0.3) is 0 Å². The lowest BCUT2D eigenvalue weighted by Crippen LogP contribution is -2.52. The van der Waals surface area contributed by atoms with Crippen LogP contribution >= 0.6 is 63.7 Å². The fraction of sp³-hybridized carbons (Fsp3) is 0.381. The number of benzene rings is 4. The summed E-state index contributed by atoms with van der Waals surface area (Å²) in [7, 11) is 0. The first-order chi connectivity index (χ1) is 24.1. The highest BCUT2D eigenvalue weighted by Gasteiger charge is 2.69. The van der Waals surface area contributed by atoms with Gasteiger partial charge in [-0.3, -0.25) is 14.5 Å². The molecule has 1 amide bonds. The van der Waals surface area contributed by atoms with Crippen LogP contribution < -0.4 is 5.32 Å². The number of esters is 1. The summed E-state index contributed by atoms with van der Waals surface area (Å²) < 4.78 is 23.1. The van der Waals surface area contributed by atoms with E-state index < -0.39 is 59.4 Å². The van der Waals surface area contributed by atoms with Crippen LogP contribution in [-0.4, -0.2) is 40.6 Å². The van der Waals surface area contributed by atoms with E-state index in [9.17, 15) is 9.90 Å². The highest BCUT2D eigenvalue weighted by molar-refractivity contribution is 7.59. The van der Waals surface area contributed by atoms with Crippen molar-refractivity contribution in [3.05, 3.63) is 135 Å². The first-order valence-electron chi connectivity index (χ1n) is 17.3. The predicted octanol–water partition coefficient (Wildman–Crippen LogP) is 10.00. The molecule has 0 radical (unpaired) electrons. The van der Waals surface area contributed by atoms with Crippen molar-refractivity contribution in [2.75, 3.05) is 11.9 Å². The number of anilines is 1. The summed E-state index contributed by atoms with van der Waals surface area (Å²) >= 11 is 13.0. The Morgan fingerprint density at radius 1 is 0.889 bits per heavy atom. The number of carbonyl (C=O) groups excluding carboxylic acids is 2. The molecule has 4 aromatic rings. The van der Waals surface area contributed by atoms with Crippen molar-refractivity contribution in [2.45, 2.75) is 83.5 Å². The predicted molar refractivity (Wildman–Crippen MR) is 232 cm³/mol. The number of halogens is 3. The maximum absolute atomic E-state index is 16.6. The molecule has 2 heterocycles. The van der Waals surface area contributed by atoms with Crippen molar-refractivity contribution in [2.24, 2.45) is 10.8 Å². The Bertz CT molecular complexity index is 1930. The highest BCUT2D eigenvalue weighted by atomic mass is 35.5. The molecule has 2 N–H and O–H groups in total. The Hall–Kier alpha value is -2.70. The Labute approximate surface area is 349 Å². The fourth-order valence-electron chi connectivity index (χ4n) is 8.18. The van der Waals surface area contributed by atoms with Gasteiger partial charge in [0, 0.05) is 28.7 Å². The van der Waals surface area contributed by atoms with Gasteiger partial charge >= 0.3 is 5.97 Å². The van der Waals surface area contributed by atoms with Crippen molar-refractivity contribution in [1.29, 1.82) is 0 Å². The topological polar surface area (TPSA) is 78.9 Å². The van der Waals surface area contributed by atoms with Crippen molar-refractivity contribution >= 4 is 81.3 Å². The molecule has 0 aliphatic carbocycles. The van der Waals surface area contributed by atoms with Crippen molar-refractivity contribution < 1.29 is 23.8 Å². The lowest BCUT2D eigenvalue weighted by atomic mass is 9.62. The summed E-state index contributed by atoms with van der Waals surface area (Å²) in [6.07, 6.45) is -0.429. The second-order valence-electron chi connectivity index (χ2n) is 16.0. The van der Waals surface area contributed by atoms with E-state index in [1.165, 1.54) is 6.07 Å². The van der Waals surface area contributed by atoms with Gasteiger partial charge in [0.2, 0.25) is 5.91 Å². The van der Waals surface area contributed by atoms with Gasteiger partial charge in [-0.2, -0.15) is 40.5 Å². The van der Waals surface area contributed by atoms with Crippen LogP contribution in [0.25, 0.3) is 0 Å². The van der Waals surface area contributed by atoms with E-state index in [1.54, 1.807) is 24.3 Å². The molecule has 1 unspecified atom stereocenters. The number of aliphatic hydroxyl groups is 1. The Morgan fingerprint density at radius 3 is 2.04 bits per heavy atom. The van der Waals surface area contributed by atoms with Crippen LogP contribution in [0.2, 0.25) is 10.0 Å². The standard InChI is InChI=1S/C42H45Cl2FN2O4.3H2S/c1-40(2,3)23-33-42(29-21-20-27(43)22-31(29)46-38(42)49)34(28-18-13-19-30(44)35(28)45)32(24-48)47(33)36(25-14-9-7-10-15-25)37(26-16-11-8-12-17-26)51-39(50)41(4,5)6;;;/h7-22,32-34,36-37,48H,23-24H2,1-6H3,(H,46,49);3*1H2/t32-,33+,34-,36?,37-,42-;;;/m0.../s1. The molecule has 12 heteroatoms. The van der Waals surface area contributed by atoms with Crippen LogP contribution in [0.3, 0.4) is 0 Å². The number of ether oxygens (including phenoxy) is 1. The number of hydrogen-bond donors (Lipinski definition) is 2. The highest BCUT2D eigenvalue weighted by Crippen LogP contribution is 2.63. The molecule has 0 aromatic heterocycles. The van der Waals surface area contributed by atoms with Crippen LogP contribution in [0.15, 0.2) is 97.1 Å². The van der Waals surface area contributed by atoms with E-state index in [2.05, 4.69) is 31.0 Å². The summed E-state index contributed by atoms with van der Waals surface area (Å²) in [4.78, 5) is 31.1. The van der Waals surface area contributed by atoms with Crippen LogP contribution in [0.4, 0.5) is 10.1 Å². The van der Waals surface area contributed by atoms with Gasteiger partial charge < -0.3 is 15.2 Å². The molecule has 6 atom stereocenters. The SMILES string of the molecule is CC(C)(C)C[C@H]1N(C(c2ccccc2)[C@@H](OC(=O)C(C)(C)C)c2ccccc2)[C@@H](CO)[C@H](c2cccc(Cl)c2F)[C@@]12C(=O)Nc1cc(Cl)ccc12.S.S.S. The van der Waals surface area contributed by atoms with Gasteiger partial charge in [0.15, 0.2) is 0 Å². The molecule has 0 bridgehead atoms. The van der Waals surface area contributed by atoms with E-state index >= 15 is 9.18 Å².